The minimum Gasteiger partial charge on any atom is -0.486 e. The average molecular weight is 476 g/mol. The number of aryl methyl sites for hydroxylation is 1. The Labute approximate surface area is 194 Å². The van der Waals surface area contributed by atoms with Crippen molar-refractivity contribution < 1.29 is 23.8 Å². The van der Waals surface area contributed by atoms with Crippen molar-refractivity contribution >= 4 is 52.0 Å². The Bertz CT molecular complexity index is 1180. The standard InChI is InChI=1S/C22H22ClN3O5S/c1-3-26-17-6-5-13(21(28)29-4-2)9-16(17)25-22(26)32-12-20(27)24-15-11-19-18(10-14(15)23)30-7-8-31-19/h5-6,9-11H,3-4,7-8,12H2,1-2H3,(H,24,27). The van der Waals surface area contributed by atoms with E-state index in [0.717, 1.165) is 5.52 Å². The third-order valence-corrected chi connectivity index (χ3v) is 6.07. The van der Waals surface area contributed by atoms with E-state index in [9.17, 15) is 9.59 Å². The van der Waals surface area contributed by atoms with Crippen LogP contribution in [-0.4, -0.2) is 47.0 Å². The molecule has 0 saturated carbocycles. The van der Waals surface area contributed by atoms with Crippen molar-refractivity contribution in [1.29, 1.82) is 0 Å². The molecule has 32 heavy (non-hydrogen) atoms. The number of imidazole rings is 1. The largest absolute Gasteiger partial charge is 0.486 e. The van der Waals surface area contributed by atoms with Gasteiger partial charge in [-0.3, -0.25) is 4.79 Å². The average Bonchev–Trinajstić information content (AvgIpc) is 3.15. The summed E-state index contributed by atoms with van der Waals surface area (Å²) in [6, 6.07) is 8.57. The first-order valence-corrected chi connectivity index (χ1v) is 11.6. The number of thioether (sulfide) groups is 1. The zero-order valence-corrected chi connectivity index (χ0v) is 19.2. The van der Waals surface area contributed by atoms with Gasteiger partial charge in [-0.25, -0.2) is 9.78 Å². The van der Waals surface area contributed by atoms with E-state index < -0.39 is 0 Å². The van der Waals surface area contributed by atoms with Crippen LogP contribution in [0.5, 0.6) is 11.5 Å². The quantitative estimate of drug-likeness (QED) is 0.400. The van der Waals surface area contributed by atoms with E-state index in [-0.39, 0.29) is 17.6 Å². The highest BCUT2D eigenvalue weighted by molar-refractivity contribution is 7.99. The molecule has 0 radical (unpaired) electrons. The van der Waals surface area contributed by atoms with Crippen molar-refractivity contribution in [2.75, 3.05) is 30.9 Å². The number of aromatic nitrogens is 2. The summed E-state index contributed by atoms with van der Waals surface area (Å²) in [5, 5.41) is 3.88. The van der Waals surface area contributed by atoms with Gasteiger partial charge in [0.25, 0.3) is 0 Å². The predicted molar refractivity (Wildman–Crippen MR) is 123 cm³/mol. The Morgan fingerprint density at radius 2 is 1.94 bits per heavy atom. The summed E-state index contributed by atoms with van der Waals surface area (Å²) in [5.74, 6) is 0.640. The summed E-state index contributed by atoms with van der Waals surface area (Å²) < 4.78 is 18.1. The molecule has 3 aromatic rings. The smallest absolute Gasteiger partial charge is 0.338 e. The van der Waals surface area contributed by atoms with Gasteiger partial charge in [0.2, 0.25) is 5.91 Å². The summed E-state index contributed by atoms with van der Waals surface area (Å²) in [6.07, 6.45) is 0. The lowest BCUT2D eigenvalue weighted by atomic mass is 10.2. The maximum absolute atomic E-state index is 12.6. The van der Waals surface area contributed by atoms with E-state index in [1.54, 1.807) is 31.2 Å². The van der Waals surface area contributed by atoms with Gasteiger partial charge in [-0.15, -0.1) is 0 Å². The summed E-state index contributed by atoms with van der Waals surface area (Å²) >= 11 is 7.58. The van der Waals surface area contributed by atoms with Crippen LogP contribution in [0.2, 0.25) is 5.02 Å². The van der Waals surface area contributed by atoms with E-state index in [1.165, 1.54) is 11.8 Å². The van der Waals surface area contributed by atoms with Gasteiger partial charge in [-0.2, -0.15) is 0 Å². The fraction of sp³-hybridized carbons (Fsp3) is 0.318. The molecule has 0 spiro atoms. The molecule has 1 aromatic heterocycles. The molecule has 0 aliphatic carbocycles. The molecule has 0 bridgehead atoms. The number of hydrogen-bond acceptors (Lipinski definition) is 7. The van der Waals surface area contributed by atoms with Gasteiger partial charge in [0.15, 0.2) is 16.7 Å². The van der Waals surface area contributed by atoms with Crippen molar-refractivity contribution in [3.05, 3.63) is 40.9 Å². The second-order valence-electron chi connectivity index (χ2n) is 6.88. The van der Waals surface area contributed by atoms with Gasteiger partial charge in [0.1, 0.15) is 13.2 Å². The Hall–Kier alpha value is -2.91. The first kappa shape index (κ1) is 22.3. The first-order chi connectivity index (χ1) is 15.5. The van der Waals surface area contributed by atoms with Crippen molar-refractivity contribution in [2.45, 2.75) is 25.5 Å². The second-order valence-corrected chi connectivity index (χ2v) is 8.22. The highest BCUT2D eigenvalue weighted by Crippen LogP contribution is 2.38. The minimum atomic E-state index is -0.384. The number of nitrogens with zero attached hydrogens (tertiary/aromatic N) is 2. The summed E-state index contributed by atoms with van der Waals surface area (Å²) in [4.78, 5) is 29.2. The fourth-order valence-electron chi connectivity index (χ4n) is 3.34. The van der Waals surface area contributed by atoms with Crippen molar-refractivity contribution in [3.8, 4) is 11.5 Å². The molecular weight excluding hydrogens is 454 g/mol. The molecule has 2 heterocycles. The number of carbonyl (C=O) groups is 2. The lowest BCUT2D eigenvalue weighted by Crippen LogP contribution is -2.17. The number of ether oxygens (including phenoxy) is 3. The summed E-state index contributed by atoms with van der Waals surface area (Å²) in [5.41, 5.74) is 2.47. The van der Waals surface area contributed by atoms with E-state index in [4.69, 9.17) is 25.8 Å². The van der Waals surface area contributed by atoms with Crippen LogP contribution in [0.3, 0.4) is 0 Å². The second kappa shape index (κ2) is 9.70. The molecule has 0 atom stereocenters. The predicted octanol–water partition coefficient (Wildman–Crippen LogP) is 4.39. The van der Waals surface area contributed by atoms with Crippen molar-refractivity contribution in [3.63, 3.8) is 0 Å². The third-order valence-electron chi connectivity index (χ3n) is 4.78. The zero-order chi connectivity index (χ0) is 22.7. The van der Waals surface area contributed by atoms with Gasteiger partial charge >= 0.3 is 5.97 Å². The molecule has 10 heteroatoms. The van der Waals surface area contributed by atoms with Crippen LogP contribution in [0.4, 0.5) is 5.69 Å². The van der Waals surface area contributed by atoms with Gasteiger partial charge in [-0.05, 0) is 32.0 Å². The maximum Gasteiger partial charge on any atom is 0.338 e. The van der Waals surface area contributed by atoms with Crippen LogP contribution >= 0.6 is 23.4 Å². The lowest BCUT2D eigenvalue weighted by Gasteiger charge is -2.20. The molecule has 0 unspecified atom stereocenters. The fourth-order valence-corrected chi connectivity index (χ4v) is 4.42. The number of nitrogens with one attached hydrogen (secondary N) is 1. The van der Waals surface area contributed by atoms with Crippen LogP contribution in [0, 0.1) is 0 Å². The number of esters is 1. The Morgan fingerprint density at radius 3 is 2.66 bits per heavy atom. The molecule has 1 aliphatic rings. The molecule has 168 valence electrons. The van der Waals surface area contributed by atoms with Crippen LogP contribution in [0.1, 0.15) is 24.2 Å². The number of carbonyl (C=O) groups excluding carboxylic acids is 2. The number of benzene rings is 2. The molecule has 1 aliphatic heterocycles. The van der Waals surface area contributed by atoms with Crippen LogP contribution in [0.25, 0.3) is 11.0 Å². The third kappa shape index (κ3) is 4.63. The summed E-state index contributed by atoms with van der Waals surface area (Å²) in [6.45, 7) is 5.66. The Balaban J connectivity index is 1.47. The molecule has 0 saturated heterocycles. The Morgan fingerprint density at radius 1 is 1.19 bits per heavy atom. The number of hydrogen-bond donors (Lipinski definition) is 1. The SMILES string of the molecule is CCOC(=O)c1ccc2c(c1)nc(SCC(=O)Nc1cc3c(cc1Cl)OCCO3)n2CC. The number of anilines is 1. The number of halogens is 1. The van der Waals surface area contributed by atoms with Crippen molar-refractivity contribution in [1.82, 2.24) is 9.55 Å². The van der Waals surface area contributed by atoms with E-state index in [2.05, 4.69) is 10.3 Å². The molecule has 4 rings (SSSR count). The normalized spacial score (nSPS) is 12.6. The first-order valence-electron chi connectivity index (χ1n) is 10.2. The number of rotatable bonds is 7. The molecule has 1 N–H and O–H groups in total. The highest BCUT2D eigenvalue weighted by Gasteiger charge is 2.18. The van der Waals surface area contributed by atoms with Crippen LogP contribution < -0.4 is 14.8 Å². The van der Waals surface area contributed by atoms with E-state index in [0.29, 0.717) is 64.8 Å². The lowest BCUT2D eigenvalue weighted by molar-refractivity contribution is -0.113. The van der Waals surface area contributed by atoms with Crippen LogP contribution in [-0.2, 0) is 16.1 Å². The number of amides is 1. The van der Waals surface area contributed by atoms with Gasteiger partial charge in [-0.1, -0.05) is 23.4 Å². The van der Waals surface area contributed by atoms with E-state index >= 15 is 0 Å². The van der Waals surface area contributed by atoms with Gasteiger partial charge in [0, 0.05) is 18.7 Å². The molecular formula is C22H22ClN3O5S. The maximum atomic E-state index is 12.6. The summed E-state index contributed by atoms with van der Waals surface area (Å²) in [7, 11) is 0. The Kier molecular flexibility index (Phi) is 6.76. The van der Waals surface area contributed by atoms with Gasteiger partial charge in [0.05, 0.1) is 39.7 Å². The highest BCUT2D eigenvalue weighted by atomic mass is 35.5. The molecule has 2 aromatic carbocycles. The zero-order valence-electron chi connectivity index (χ0n) is 17.6. The van der Waals surface area contributed by atoms with Crippen LogP contribution in [0.15, 0.2) is 35.5 Å². The monoisotopic (exact) mass is 475 g/mol. The van der Waals surface area contributed by atoms with Gasteiger partial charge < -0.3 is 24.1 Å². The topological polar surface area (TPSA) is 91.7 Å². The molecule has 0 fully saturated rings. The minimum absolute atomic E-state index is 0.138. The van der Waals surface area contributed by atoms with Crippen molar-refractivity contribution in [2.24, 2.45) is 0 Å². The number of fused-ring (bicyclic) bond motifs is 2. The molecule has 8 nitrogen and oxygen atoms in total. The molecule has 1 amide bonds. The van der Waals surface area contributed by atoms with E-state index in [1.807, 2.05) is 17.6 Å².